The highest BCUT2D eigenvalue weighted by Crippen LogP contribution is 2.38. The standard InChI is InChI=1S/C18H21N5OS/c1-2-6-15-14(5-1)16-17(19-11-20-18(16)25-15)22-12-8-21-23(9-12)10-13-4-3-7-24-13/h8-9,11,13H,1-7,10H2,(H,19,20,22)/t13-/m1/s1. The molecule has 1 aliphatic heterocycles. The van der Waals surface area contributed by atoms with Crippen LogP contribution >= 0.6 is 11.3 Å². The van der Waals surface area contributed by atoms with E-state index in [9.17, 15) is 0 Å². The Morgan fingerprint density at radius 1 is 1.24 bits per heavy atom. The topological polar surface area (TPSA) is 64.9 Å². The van der Waals surface area contributed by atoms with Crippen molar-refractivity contribution in [1.29, 1.82) is 0 Å². The van der Waals surface area contributed by atoms with Crippen LogP contribution in [0.15, 0.2) is 18.7 Å². The van der Waals surface area contributed by atoms with Gasteiger partial charge in [0.05, 0.1) is 29.9 Å². The van der Waals surface area contributed by atoms with Crippen LogP contribution in [0.3, 0.4) is 0 Å². The highest BCUT2D eigenvalue weighted by atomic mass is 32.1. The largest absolute Gasteiger partial charge is 0.376 e. The van der Waals surface area contributed by atoms with Crippen molar-refractivity contribution in [2.75, 3.05) is 11.9 Å². The van der Waals surface area contributed by atoms with Crippen molar-refractivity contribution in [3.63, 3.8) is 0 Å². The summed E-state index contributed by atoms with van der Waals surface area (Å²) in [6.07, 6.45) is 13.0. The Bertz CT molecular complexity index is 896. The van der Waals surface area contributed by atoms with E-state index >= 15 is 0 Å². The van der Waals surface area contributed by atoms with Gasteiger partial charge in [0.25, 0.3) is 0 Å². The summed E-state index contributed by atoms with van der Waals surface area (Å²) in [6.45, 7) is 1.69. The second-order valence-corrected chi connectivity index (χ2v) is 7.91. The summed E-state index contributed by atoms with van der Waals surface area (Å²) in [7, 11) is 0. The van der Waals surface area contributed by atoms with Crippen molar-refractivity contribution in [2.45, 2.75) is 51.2 Å². The van der Waals surface area contributed by atoms with E-state index in [4.69, 9.17) is 4.74 Å². The summed E-state index contributed by atoms with van der Waals surface area (Å²) in [5.41, 5.74) is 2.41. The first-order valence-corrected chi connectivity index (χ1v) is 9.85. The summed E-state index contributed by atoms with van der Waals surface area (Å²) >= 11 is 1.82. The Balaban J connectivity index is 1.42. The van der Waals surface area contributed by atoms with Gasteiger partial charge < -0.3 is 10.1 Å². The Kier molecular flexibility index (Phi) is 3.90. The highest BCUT2D eigenvalue weighted by Gasteiger charge is 2.20. The van der Waals surface area contributed by atoms with Crippen LogP contribution in [0, 0.1) is 0 Å². The minimum Gasteiger partial charge on any atom is -0.376 e. The van der Waals surface area contributed by atoms with Gasteiger partial charge in [0.2, 0.25) is 0 Å². The van der Waals surface area contributed by atoms with E-state index in [1.807, 2.05) is 28.4 Å². The maximum absolute atomic E-state index is 5.69. The lowest BCUT2D eigenvalue weighted by atomic mass is 9.97. The van der Waals surface area contributed by atoms with Gasteiger partial charge >= 0.3 is 0 Å². The Morgan fingerprint density at radius 2 is 2.20 bits per heavy atom. The van der Waals surface area contributed by atoms with Crippen LogP contribution in [0.2, 0.25) is 0 Å². The Hall–Kier alpha value is -1.99. The zero-order valence-electron chi connectivity index (χ0n) is 14.1. The Labute approximate surface area is 150 Å². The van der Waals surface area contributed by atoms with Gasteiger partial charge in [-0.05, 0) is 44.1 Å². The SMILES string of the molecule is c1nc(Nc2cnn(C[C@H]3CCCO3)c2)c2c3c(sc2n1)CCCC3. The van der Waals surface area contributed by atoms with Crippen molar-refractivity contribution in [1.82, 2.24) is 19.7 Å². The van der Waals surface area contributed by atoms with Crippen molar-refractivity contribution in [2.24, 2.45) is 0 Å². The fourth-order valence-electron chi connectivity index (χ4n) is 3.85. The van der Waals surface area contributed by atoms with Gasteiger partial charge in [-0.3, -0.25) is 4.68 Å². The number of anilines is 2. The minimum absolute atomic E-state index is 0.294. The molecule has 5 rings (SSSR count). The molecule has 2 aliphatic rings. The predicted molar refractivity (Wildman–Crippen MR) is 98.5 cm³/mol. The average molecular weight is 355 g/mol. The lowest BCUT2D eigenvalue weighted by Crippen LogP contribution is -2.15. The molecule has 1 fully saturated rings. The molecule has 0 unspecified atom stereocenters. The van der Waals surface area contributed by atoms with Crippen LogP contribution < -0.4 is 5.32 Å². The third-order valence-electron chi connectivity index (χ3n) is 5.06. The molecule has 6 nitrogen and oxygen atoms in total. The highest BCUT2D eigenvalue weighted by molar-refractivity contribution is 7.19. The molecule has 130 valence electrons. The number of aromatic nitrogens is 4. The van der Waals surface area contributed by atoms with E-state index in [0.29, 0.717) is 6.10 Å². The van der Waals surface area contributed by atoms with Crippen LogP contribution in [0.25, 0.3) is 10.2 Å². The molecule has 0 amide bonds. The maximum atomic E-state index is 5.69. The van der Waals surface area contributed by atoms with E-state index in [-0.39, 0.29) is 0 Å². The van der Waals surface area contributed by atoms with Crippen LogP contribution in [0.4, 0.5) is 11.5 Å². The van der Waals surface area contributed by atoms with Crippen molar-refractivity contribution in [3.8, 4) is 0 Å². The van der Waals surface area contributed by atoms with E-state index in [2.05, 4.69) is 20.4 Å². The molecule has 0 aromatic carbocycles. The molecular formula is C18H21N5OS. The molecule has 25 heavy (non-hydrogen) atoms. The molecule has 1 saturated heterocycles. The summed E-state index contributed by atoms with van der Waals surface area (Å²) in [4.78, 5) is 11.6. The van der Waals surface area contributed by atoms with Gasteiger partial charge in [0.15, 0.2) is 0 Å². The number of ether oxygens (including phenoxy) is 1. The second-order valence-electron chi connectivity index (χ2n) is 6.82. The lowest BCUT2D eigenvalue weighted by molar-refractivity contribution is 0.0940. The van der Waals surface area contributed by atoms with Crippen molar-refractivity contribution < 1.29 is 4.74 Å². The molecule has 0 radical (unpaired) electrons. The molecule has 3 aromatic rings. The fourth-order valence-corrected chi connectivity index (χ4v) is 5.08. The van der Waals surface area contributed by atoms with Gasteiger partial charge in [-0.25, -0.2) is 9.97 Å². The normalized spacial score (nSPS) is 20.1. The van der Waals surface area contributed by atoms with E-state index in [0.717, 1.165) is 48.7 Å². The number of aryl methyl sites for hydroxylation is 2. The third-order valence-corrected chi connectivity index (χ3v) is 6.26. The first kappa shape index (κ1) is 15.3. The lowest BCUT2D eigenvalue weighted by Gasteiger charge is -2.12. The first-order chi connectivity index (χ1) is 12.4. The summed E-state index contributed by atoms with van der Waals surface area (Å²) in [5, 5.41) is 9.13. The zero-order valence-corrected chi connectivity index (χ0v) is 14.9. The van der Waals surface area contributed by atoms with E-state index in [1.54, 1.807) is 6.33 Å². The first-order valence-electron chi connectivity index (χ1n) is 9.03. The molecule has 1 aliphatic carbocycles. The van der Waals surface area contributed by atoms with E-state index < -0.39 is 0 Å². The number of nitrogens with one attached hydrogen (secondary N) is 1. The van der Waals surface area contributed by atoms with Crippen LogP contribution in [-0.4, -0.2) is 32.5 Å². The fraction of sp³-hybridized carbons (Fsp3) is 0.500. The molecule has 0 saturated carbocycles. The van der Waals surface area contributed by atoms with Crippen LogP contribution in [0.5, 0.6) is 0 Å². The average Bonchev–Trinajstić information content (AvgIpc) is 3.35. The monoisotopic (exact) mass is 355 g/mol. The smallest absolute Gasteiger partial charge is 0.142 e. The Morgan fingerprint density at radius 3 is 3.12 bits per heavy atom. The molecule has 3 aromatic heterocycles. The van der Waals surface area contributed by atoms with Gasteiger partial charge in [-0.2, -0.15) is 5.10 Å². The number of rotatable bonds is 4. The van der Waals surface area contributed by atoms with Crippen molar-refractivity contribution in [3.05, 3.63) is 29.2 Å². The number of nitrogens with zero attached hydrogens (tertiary/aromatic N) is 4. The van der Waals surface area contributed by atoms with Gasteiger partial charge in [-0.15, -0.1) is 11.3 Å². The molecule has 0 bridgehead atoms. The minimum atomic E-state index is 0.294. The van der Waals surface area contributed by atoms with Gasteiger partial charge in [-0.1, -0.05) is 0 Å². The van der Waals surface area contributed by atoms with E-state index in [1.165, 1.54) is 35.1 Å². The molecule has 1 N–H and O–H groups in total. The van der Waals surface area contributed by atoms with Gasteiger partial charge in [0, 0.05) is 17.7 Å². The molecular weight excluding hydrogens is 334 g/mol. The summed E-state index contributed by atoms with van der Waals surface area (Å²) in [5.74, 6) is 0.904. The summed E-state index contributed by atoms with van der Waals surface area (Å²) in [6, 6.07) is 0. The third kappa shape index (κ3) is 2.91. The van der Waals surface area contributed by atoms with Crippen molar-refractivity contribution >= 4 is 33.1 Å². The van der Waals surface area contributed by atoms with Crippen LogP contribution in [-0.2, 0) is 24.1 Å². The molecule has 1 atom stereocenters. The maximum Gasteiger partial charge on any atom is 0.142 e. The summed E-state index contributed by atoms with van der Waals surface area (Å²) < 4.78 is 7.65. The number of hydrogen-bond donors (Lipinski definition) is 1. The zero-order chi connectivity index (χ0) is 16.6. The van der Waals surface area contributed by atoms with Crippen LogP contribution in [0.1, 0.15) is 36.1 Å². The number of thiophene rings is 1. The molecule has 7 heteroatoms. The number of fused-ring (bicyclic) bond motifs is 3. The predicted octanol–water partition coefficient (Wildman–Crippen LogP) is 3.69. The molecule has 4 heterocycles. The number of hydrogen-bond acceptors (Lipinski definition) is 6. The van der Waals surface area contributed by atoms with Gasteiger partial charge in [0.1, 0.15) is 17.0 Å². The quantitative estimate of drug-likeness (QED) is 0.773. The molecule has 0 spiro atoms. The second kappa shape index (κ2) is 6.38.